The first-order valence-electron chi connectivity index (χ1n) is 10.7. The van der Waals surface area contributed by atoms with E-state index in [1.165, 1.54) is 17.0 Å². The molecule has 4 aliphatic rings. The van der Waals surface area contributed by atoms with E-state index in [0.29, 0.717) is 5.69 Å². The lowest BCUT2D eigenvalue weighted by Gasteiger charge is -2.57. The molecule has 2 bridgehead atoms. The number of carbonyl (C=O) groups excluding carboxylic acids is 2. The first-order valence-corrected chi connectivity index (χ1v) is 10.7. The van der Waals surface area contributed by atoms with Gasteiger partial charge in [0.2, 0.25) is 11.8 Å². The van der Waals surface area contributed by atoms with Crippen LogP contribution in [0.15, 0.2) is 72.8 Å². The van der Waals surface area contributed by atoms with Crippen LogP contribution in [0.25, 0.3) is 0 Å². The van der Waals surface area contributed by atoms with Crippen molar-refractivity contribution in [2.24, 2.45) is 11.8 Å². The van der Waals surface area contributed by atoms with Crippen LogP contribution in [0, 0.1) is 11.8 Å². The summed E-state index contributed by atoms with van der Waals surface area (Å²) in [4.78, 5) is 40.4. The van der Waals surface area contributed by atoms with E-state index in [-0.39, 0.29) is 17.4 Å². The van der Waals surface area contributed by atoms with Crippen LogP contribution < -0.4 is 4.90 Å². The van der Waals surface area contributed by atoms with Crippen molar-refractivity contribution in [3.63, 3.8) is 0 Å². The van der Waals surface area contributed by atoms with E-state index in [2.05, 4.69) is 38.1 Å². The monoisotopic (exact) mass is 423 g/mol. The van der Waals surface area contributed by atoms with Gasteiger partial charge in [0.25, 0.3) is 0 Å². The molecule has 0 aromatic heterocycles. The zero-order valence-corrected chi connectivity index (χ0v) is 17.7. The van der Waals surface area contributed by atoms with Gasteiger partial charge < -0.3 is 5.11 Å². The molecule has 1 aliphatic heterocycles. The molecule has 32 heavy (non-hydrogen) atoms. The second-order valence-corrected chi connectivity index (χ2v) is 9.32. The molecule has 1 N–H and O–H groups in total. The van der Waals surface area contributed by atoms with Crippen molar-refractivity contribution in [3.05, 3.63) is 101 Å². The van der Waals surface area contributed by atoms with Crippen molar-refractivity contribution in [1.82, 2.24) is 0 Å². The van der Waals surface area contributed by atoms with E-state index < -0.39 is 28.6 Å². The molecule has 0 radical (unpaired) electrons. The van der Waals surface area contributed by atoms with Crippen LogP contribution >= 0.6 is 0 Å². The lowest BCUT2D eigenvalue weighted by molar-refractivity contribution is -0.124. The van der Waals surface area contributed by atoms with Gasteiger partial charge in [-0.1, -0.05) is 62.4 Å². The molecule has 3 aliphatic carbocycles. The highest BCUT2D eigenvalue weighted by Gasteiger charge is 2.70. The Morgan fingerprint density at radius 2 is 1.09 bits per heavy atom. The SMILES string of the molecule is CC12c3ccccc3C(C)(c3ccccc31)[C@H]1C(=O)N(c3ccc(C(=O)O)cc3)C(=O)[C@@H]12. The highest BCUT2D eigenvalue weighted by atomic mass is 16.4. The van der Waals surface area contributed by atoms with Gasteiger partial charge in [-0.05, 0) is 46.5 Å². The first kappa shape index (κ1) is 19.0. The molecule has 7 rings (SSSR count). The largest absolute Gasteiger partial charge is 0.478 e. The number of hydrogen-bond donors (Lipinski definition) is 1. The van der Waals surface area contributed by atoms with Gasteiger partial charge in [-0.3, -0.25) is 9.59 Å². The Bertz CT molecular complexity index is 1220. The third-order valence-electron chi connectivity index (χ3n) is 8.01. The summed E-state index contributed by atoms with van der Waals surface area (Å²) in [6.07, 6.45) is 0. The maximum absolute atomic E-state index is 13.9. The average molecular weight is 423 g/mol. The summed E-state index contributed by atoms with van der Waals surface area (Å²) in [5.74, 6) is -2.54. The van der Waals surface area contributed by atoms with E-state index in [1.807, 2.05) is 24.3 Å². The molecule has 0 spiro atoms. The van der Waals surface area contributed by atoms with Crippen LogP contribution in [-0.4, -0.2) is 22.9 Å². The second-order valence-electron chi connectivity index (χ2n) is 9.32. The van der Waals surface area contributed by atoms with Gasteiger partial charge in [-0.2, -0.15) is 0 Å². The molecule has 158 valence electrons. The fourth-order valence-electron chi connectivity index (χ4n) is 6.58. The molecule has 3 aromatic rings. The molecule has 1 fully saturated rings. The Morgan fingerprint density at radius 1 is 0.719 bits per heavy atom. The summed E-state index contributed by atoms with van der Waals surface area (Å²) < 4.78 is 0. The predicted octanol–water partition coefficient (Wildman–Crippen LogP) is 4.13. The van der Waals surface area contributed by atoms with Crippen LogP contribution in [-0.2, 0) is 20.4 Å². The molecule has 2 amide bonds. The highest BCUT2D eigenvalue weighted by molar-refractivity contribution is 6.24. The van der Waals surface area contributed by atoms with E-state index >= 15 is 0 Å². The van der Waals surface area contributed by atoms with Gasteiger partial charge in [-0.25, -0.2) is 9.69 Å². The Kier molecular flexibility index (Phi) is 3.53. The van der Waals surface area contributed by atoms with Crippen LogP contribution in [0.3, 0.4) is 0 Å². The van der Waals surface area contributed by atoms with Crippen LogP contribution in [0.4, 0.5) is 5.69 Å². The normalized spacial score (nSPS) is 29.5. The van der Waals surface area contributed by atoms with Gasteiger partial charge in [0.05, 0.1) is 23.1 Å². The van der Waals surface area contributed by atoms with E-state index in [9.17, 15) is 19.5 Å². The number of nitrogens with zero attached hydrogens (tertiary/aromatic N) is 1. The van der Waals surface area contributed by atoms with Crippen molar-refractivity contribution in [1.29, 1.82) is 0 Å². The van der Waals surface area contributed by atoms with Crippen molar-refractivity contribution in [2.45, 2.75) is 24.7 Å². The quantitative estimate of drug-likeness (QED) is 0.629. The number of aromatic carboxylic acids is 1. The van der Waals surface area contributed by atoms with Crippen molar-refractivity contribution in [3.8, 4) is 0 Å². The molecule has 3 aromatic carbocycles. The van der Waals surface area contributed by atoms with Crippen LogP contribution in [0.5, 0.6) is 0 Å². The number of amides is 2. The van der Waals surface area contributed by atoms with Gasteiger partial charge >= 0.3 is 5.97 Å². The maximum Gasteiger partial charge on any atom is 0.335 e. The van der Waals surface area contributed by atoms with Gasteiger partial charge in [0.15, 0.2) is 0 Å². The zero-order valence-electron chi connectivity index (χ0n) is 17.7. The van der Waals surface area contributed by atoms with Crippen molar-refractivity contribution < 1.29 is 19.5 Å². The lowest BCUT2D eigenvalue weighted by atomic mass is 9.42. The molecule has 2 atom stereocenters. The van der Waals surface area contributed by atoms with E-state index in [0.717, 1.165) is 22.3 Å². The predicted molar refractivity (Wildman–Crippen MR) is 119 cm³/mol. The fraction of sp³-hybridized carbons (Fsp3) is 0.222. The number of hydrogen-bond acceptors (Lipinski definition) is 3. The Balaban J connectivity index is 1.60. The molecule has 1 saturated heterocycles. The summed E-state index contributed by atoms with van der Waals surface area (Å²) in [6.45, 7) is 4.17. The van der Waals surface area contributed by atoms with Crippen LogP contribution in [0.1, 0.15) is 46.5 Å². The summed E-state index contributed by atoms with van der Waals surface area (Å²) in [5, 5.41) is 9.21. The first-order chi connectivity index (χ1) is 15.3. The second kappa shape index (κ2) is 5.94. The third-order valence-corrected chi connectivity index (χ3v) is 8.01. The molecule has 1 heterocycles. The number of carbonyl (C=O) groups is 3. The highest BCUT2D eigenvalue weighted by Crippen LogP contribution is 2.66. The maximum atomic E-state index is 13.9. The minimum absolute atomic E-state index is 0.115. The summed E-state index contributed by atoms with van der Waals surface area (Å²) in [7, 11) is 0. The standard InChI is InChI=1S/C27H21NO4/c1-26-17-7-3-5-9-19(17)27(2,20-10-6-4-8-18(20)26)22-21(26)23(29)28(24(22)30)16-13-11-15(12-14-16)25(31)32/h3-14,21-22H,1-2H3,(H,31,32)/t21-,22-,26?,27?/m1/s1. The topological polar surface area (TPSA) is 74.7 Å². The molecular weight excluding hydrogens is 402 g/mol. The lowest BCUT2D eigenvalue weighted by Crippen LogP contribution is -2.59. The summed E-state index contributed by atoms with van der Waals surface area (Å²) in [5.41, 5.74) is 3.69. The van der Waals surface area contributed by atoms with Crippen molar-refractivity contribution in [2.75, 3.05) is 4.90 Å². The zero-order chi connectivity index (χ0) is 22.4. The van der Waals surface area contributed by atoms with Crippen molar-refractivity contribution >= 4 is 23.5 Å². The minimum atomic E-state index is -1.05. The number of imide groups is 1. The smallest absolute Gasteiger partial charge is 0.335 e. The fourth-order valence-corrected chi connectivity index (χ4v) is 6.58. The van der Waals surface area contributed by atoms with Gasteiger partial charge in [-0.15, -0.1) is 0 Å². The minimum Gasteiger partial charge on any atom is -0.478 e. The van der Waals surface area contributed by atoms with Gasteiger partial charge in [0, 0.05) is 10.8 Å². The number of rotatable bonds is 2. The number of carboxylic acid groups (broad SMARTS) is 1. The van der Waals surface area contributed by atoms with E-state index in [4.69, 9.17) is 0 Å². The summed E-state index contributed by atoms with van der Waals surface area (Å²) in [6, 6.07) is 22.3. The molecular formula is C27H21NO4. The molecule has 0 saturated carbocycles. The number of carboxylic acids is 1. The summed E-state index contributed by atoms with van der Waals surface area (Å²) >= 11 is 0. The van der Waals surface area contributed by atoms with E-state index in [1.54, 1.807) is 12.1 Å². The number of anilines is 1. The van der Waals surface area contributed by atoms with Gasteiger partial charge in [0.1, 0.15) is 0 Å². The molecule has 5 nitrogen and oxygen atoms in total. The van der Waals surface area contributed by atoms with Crippen LogP contribution in [0.2, 0.25) is 0 Å². The third kappa shape index (κ3) is 1.97. The average Bonchev–Trinajstić information content (AvgIpc) is 3.08. The number of benzene rings is 3. The Morgan fingerprint density at radius 3 is 1.44 bits per heavy atom. The molecule has 5 heteroatoms. The molecule has 0 unspecified atom stereocenters. The Labute approximate surface area is 185 Å². The Hall–Kier alpha value is -3.73.